The molecule has 3 aromatic rings. The Morgan fingerprint density at radius 2 is 2.18 bits per heavy atom. The number of nitrogens with one attached hydrogen (secondary N) is 1. The average molecular weight is 296 g/mol. The lowest BCUT2D eigenvalue weighted by Crippen LogP contribution is -2.23. The Morgan fingerprint density at radius 1 is 1.27 bits per heavy atom. The van der Waals surface area contributed by atoms with Crippen molar-refractivity contribution in [2.45, 2.75) is 6.54 Å². The summed E-state index contributed by atoms with van der Waals surface area (Å²) in [6.45, 7) is 0.564. The minimum absolute atomic E-state index is 0.178. The van der Waals surface area contributed by atoms with Crippen LogP contribution in [-0.4, -0.2) is 27.1 Å². The Hall–Kier alpha value is -3.09. The van der Waals surface area contributed by atoms with Gasteiger partial charge in [0.25, 0.3) is 5.91 Å². The maximum absolute atomic E-state index is 12.2. The monoisotopic (exact) mass is 296 g/mol. The van der Waals surface area contributed by atoms with Gasteiger partial charge in [0, 0.05) is 18.0 Å². The molecule has 0 bridgehead atoms. The molecule has 0 spiro atoms. The van der Waals surface area contributed by atoms with Crippen LogP contribution in [0.3, 0.4) is 0 Å². The van der Waals surface area contributed by atoms with Crippen molar-refractivity contribution in [2.24, 2.45) is 0 Å². The van der Waals surface area contributed by atoms with Crippen molar-refractivity contribution < 1.29 is 14.3 Å². The lowest BCUT2D eigenvalue weighted by Gasteiger charge is -2.06. The van der Waals surface area contributed by atoms with Gasteiger partial charge in [-0.1, -0.05) is 0 Å². The molecule has 110 valence electrons. The van der Waals surface area contributed by atoms with Crippen molar-refractivity contribution in [2.75, 3.05) is 6.79 Å². The van der Waals surface area contributed by atoms with Gasteiger partial charge in [0.05, 0.1) is 24.6 Å². The lowest BCUT2D eigenvalue weighted by molar-refractivity contribution is 0.0950. The molecule has 0 radical (unpaired) electrons. The average Bonchev–Trinajstić information content (AvgIpc) is 3.18. The number of fused-ring (bicyclic) bond motifs is 2. The Morgan fingerprint density at radius 3 is 3.14 bits per heavy atom. The quantitative estimate of drug-likeness (QED) is 0.790. The van der Waals surface area contributed by atoms with E-state index in [9.17, 15) is 4.79 Å². The topological polar surface area (TPSA) is 77.8 Å². The molecule has 0 saturated heterocycles. The fraction of sp³-hybridized carbons (Fsp3) is 0.133. The molecule has 1 N–H and O–H groups in total. The molecule has 4 rings (SSSR count). The van der Waals surface area contributed by atoms with Crippen LogP contribution in [0.4, 0.5) is 0 Å². The van der Waals surface area contributed by atoms with E-state index in [4.69, 9.17) is 9.47 Å². The molecule has 0 aliphatic carbocycles. The third-order valence-corrected chi connectivity index (χ3v) is 3.46. The molecule has 22 heavy (non-hydrogen) atoms. The van der Waals surface area contributed by atoms with Crippen LogP contribution in [0.25, 0.3) is 5.65 Å². The lowest BCUT2D eigenvalue weighted by atomic mass is 10.2. The first kappa shape index (κ1) is 12.6. The van der Waals surface area contributed by atoms with E-state index in [1.807, 2.05) is 10.6 Å². The Labute approximate surface area is 125 Å². The largest absolute Gasteiger partial charge is 0.454 e. The van der Waals surface area contributed by atoms with Crippen LogP contribution >= 0.6 is 0 Å². The first-order valence-corrected chi connectivity index (χ1v) is 6.75. The van der Waals surface area contributed by atoms with Crippen molar-refractivity contribution in [3.8, 4) is 11.5 Å². The minimum Gasteiger partial charge on any atom is -0.454 e. The number of hydrogen-bond acceptors (Lipinski definition) is 5. The summed E-state index contributed by atoms with van der Waals surface area (Å²) in [5, 5.41) is 2.87. The van der Waals surface area contributed by atoms with Crippen molar-refractivity contribution in [3.63, 3.8) is 0 Å². The van der Waals surface area contributed by atoms with E-state index < -0.39 is 0 Å². The maximum Gasteiger partial charge on any atom is 0.251 e. The molecule has 0 atom stereocenters. The van der Waals surface area contributed by atoms with Gasteiger partial charge in [0.15, 0.2) is 17.1 Å². The van der Waals surface area contributed by atoms with Gasteiger partial charge in [-0.25, -0.2) is 4.98 Å². The molecule has 1 aliphatic heterocycles. The number of nitrogens with zero attached hydrogens (tertiary/aromatic N) is 3. The second-order valence-electron chi connectivity index (χ2n) is 4.80. The second-order valence-corrected chi connectivity index (χ2v) is 4.80. The number of benzene rings is 1. The van der Waals surface area contributed by atoms with Crippen molar-refractivity contribution in [1.29, 1.82) is 0 Å². The molecule has 0 fully saturated rings. The first-order valence-electron chi connectivity index (χ1n) is 6.75. The van der Waals surface area contributed by atoms with Gasteiger partial charge in [-0.2, -0.15) is 0 Å². The highest BCUT2D eigenvalue weighted by Crippen LogP contribution is 2.32. The summed E-state index contributed by atoms with van der Waals surface area (Å²) in [7, 11) is 0. The van der Waals surface area contributed by atoms with Crippen LogP contribution in [0.5, 0.6) is 11.5 Å². The van der Waals surface area contributed by atoms with Gasteiger partial charge in [0.2, 0.25) is 6.79 Å². The van der Waals surface area contributed by atoms with Gasteiger partial charge < -0.3 is 14.8 Å². The number of amides is 1. The SMILES string of the molecule is O=C(NCc1cnc2cnccn12)c1ccc2c(c1)OCO2. The summed E-state index contributed by atoms with van der Waals surface area (Å²) in [4.78, 5) is 20.5. The molecular formula is C15H12N4O3. The van der Waals surface area contributed by atoms with Gasteiger partial charge in [0.1, 0.15) is 0 Å². The van der Waals surface area contributed by atoms with Gasteiger partial charge in [-0.15, -0.1) is 0 Å². The van der Waals surface area contributed by atoms with Crippen molar-refractivity contribution in [1.82, 2.24) is 19.7 Å². The predicted molar refractivity (Wildman–Crippen MR) is 76.7 cm³/mol. The van der Waals surface area contributed by atoms with Crippen LogP contribution in [0.1, 0.15) is 16.1 Å². The second kappa shape index (κ2) is 5.03. The van der Waals surface area contributed by atoms with E-state index in [2.05, 4.69) is 15.3 Å². The van der Waals surface area contributed by atoms with E-state index in [-0.39, 0.29) is 12.7 Å². The number of carbonyl (C=O) groups excluding carboxylic acids is 1. The zero-order valence-corrected chi connectivity index (χ0v) is 11.5. The van der Waals surface area contributed by atoms with Gasteiger partial charge >= 0.3 is 0 Å². The van der Waals surface area contributed by atoms with Crippen LogP contribution in [0, 0.1) is 0 Å². The number of hydrogen-bond donors (Lipinski definition) is 1. The number of rotatable bonds is 3. The zero-order chi connectivity index (χ0) is 14.9. The van der Waals surface area contributed by atoms with E-state index in [1.165, 1.54) is 0 Å². The highest BCUT2D eigenvalue weighted by atomic mass is 16.7. The molecule has 3 heterocycles. The van der Waals surface area contributed by atoms with Gasteiger partial charge in [-0.05, 0) is 18.2 Å². The molecule has 1 aromatic carbocycles. The molecule has 1 aliphatic rings. The Bertz CT molecular complexity index is 859. The predicted octanol–water partition coefficient (Wildman–Crippen LogP) is 1.39. The smallest absolute Gasteiger partial charge is 0.251 e. The number of aromatic nitrogens is 3. The number of imidazole rings is 1. The highest BCUT2D eigenvalue weighted by molar-refractivity contribution is 5.94. The maximum atomic E-state index is 12.2. The third kappa shape index (κ3) is 2.12. The standard InChI is InChI=1S/C15H12N4O3/c20-15(10-1-2-12-13(5-10)22-9-21-12)18-7-11-6-17-14-8-16-3-4-19(11)14/h1-6,8H,7,9H2,(H,18,20). The molecular weight excluding hydrogens is 284 g/mol. The summed E-state index contributed by atoms with van der Waals surface area (Å²) < 4.78 is 12.4. The van der Waals surface area contributed by atoms with E-state index >= 15 is 0 Å². The normalized spacial score (nSPS) is 12.5. The molecule has 0 saturated carbocycles. The molecule has 7 heteroatoms. The Kier molecular flexibility index (Phi) is 2.89. The van der Waals surface area contributed by atoms with E-state index in [1.54, 1.807) is 36.8 Å². The number of ether oxygens (including phenoxy) is 2. The summed E-state index contributed by atoms with van der Waals surface area (Å²) >= 11 is 0. The molecule has 7 nitrogen and oxygen atoms in total. The third-order valence-electron chi connectivity index (χ3n) is 3.46. The molecule has 2 aromatic heterocycles. The summed E-state index contributed by atoms with van der Waals surface area (Å²) in [5.74, 6) is 1.07. The first-order chi connectivity index (χ1) is 10.8. The van der Waals surface area contributed by atoms with E-state index in [0.717, 1.165) is 11.3 Å². The van der Waals surface area contributed by atoms with Crippen LogP contribution in [0.15, 0.2) is 43.0 Å². The zero-order valence-electron chi connectivity index (χ0n) is 11.5. The molecule has 1 amide bonds. The van der Waals surface area contributed by atoms with Gasteiger partial charge in [-0.3, -0.25) is 14.2 Å². The van der Waals surface area contributed by atoms with Crippen LogP contribution in [-0.2, 0) is 6.54 Å². The Balaban J connectivity index is 1.50. The van der Waals surface area contributed by atoms with Crippen molar-refractivity contribution >= 4 is 11.6 Å². The fourth-order valence-corrected chi connectivity index (χ4v) is 2.34. The summed E-state index contributed by atoms with van der Waals surface area (Å²) in [5.41, 5.74) is 2.15. The summed E-state index contributed by atoms with van der Waals surface area (Å²) in [6.07, 6.45) is 6.88. The highest BCUT2D eigenvalue weighted by Gasteiger charge is 2.16. The minimum atomic E-state index is -0.178. The van der Waals surface area contributed by atoms with Crippen LogP contribution < -0.4 is 14.8 Å². The van der Waals surface area contributed by atoms with Crippen molar-refractivity contribution in [3.05, 3.63) is 54.2 Å². The number of carbonyl (C=O) groups is 1. The summed E-state index contributed by atoms with van der Waals surface area (Å²) in [6, 6.07) is 5.12. The van der Waals surface area contributed by atoms with Crippen LogP contribution in [0.2, 0.25) is 0 Å². The van der Waals surface area contributed by atoms with E-state index in [0.29, 0.717) is 23.6 Å². The fourth-order valence-electron chi connectivity index (χ4n) is 2.34. The molecule has 0 unspecified atom stereocenters.